The topological polar surface area (TPSA) is 219 Å². The quantitative estimate of drug-likeness (QED) is 0.0973. The standard InChI is InChI=1S/C39H48N6O9S2/c1-4-17-53-25-9-5-22(6-10-25)19-44-15-16-45-28(11-14-31(44)45)29(46)12-8-24-20-55-34-23(18-26(24)36(49)50)7-13-30(47)33(34)42-35(48)32(27-21-56-38(40)41-27)43-54-39(2,3)37(51)52/h5-6,9-11,14,21,23,29,33-34,46H,4,7-8,12-13,15-20H2,1-3H3,(H2,40,41)(H,42,48)(H,49,50)(H,51,52)/b43-32-/t23?,29?,33-,34+/m1/s1. The predicted octanol–water partition coefficient (Wildman–Crippen LogP) is 4.78. The number of benzene rings is 1. The largest absolute Gasteiger partial charge is 0.494 e. The second-order valence-electron chi connectivity index (χ2n) is 14.7. The number of aliphatic hydroxyl groups is 1. The molecule has 0 bridgehead atoms. The maximum absolute atomic E-state index is 13.7. The maximum Gasteiger partial charge on any atom is 0.350 e. The zero-order chi connectivity index (χ0) is 40.1. The van der Waals surface area contributed by atoms with Crippen molar-refractivity contribution in [1.82, 2.24) is 14.9 Å². The van der Waals surface area contributed by atoms with Crippen molar-refractivity contribution in [2.75, 3.05) is 29.5 Å². The van der Waals surface area contributed by atoms with Crippen molar-refractivity contribution in [3.63, 3.8) is 0 Å². The van der Waals surface area contributed by atoms with Gasteiger partial charge in [-0.3, -0.25) is 9.59 Å². The molecule has 17 heteroatoms. The Kier molecular flexibility index (Phi) is 12.8. The summed E-state index contributed by atoms with van der Waals surface area (Å²) in [6.45, 7) is 7.54. The Bertz CT molecular complexity index is 2010. The van der Waals surface area contributed by atoms with Crippen LogP contribution in [0.4, 0.5) is 10.9 Å². The highest BCUT2D eigenvalue weighted by Gasteiger charge is 2.43. The number of carbonyl (C=O) groups excluding carboxylic acids is 2. The number of nitrogens with zero attached hydrogens (tertiary/aromatic N) is 4. The van der Waals surface area contributed by atoms with E-state index in [1.165, 1.54) is 31.0 Å². The van der Waals surface area contributed by atoms with E-state index in [4.69, 9.17) is 15.3 Å². The minimum absolute atomic E-state index is 0.0551. The van der Waals surface area contributed by atoms with Gasteiger partial charge in [0, 0.05) is 53.7 Å². The summed E-state index contributed by atoms with van der Waals surface area (Å²) in [6, 6.07) is 11.1. The molecular weight excluding hydrogens is 761 g/mol. The number of aliphatic hydroxyl groups excluding tert-OH is 1. The van der Waals surface area contributed by atoms with E-state index in [0.29, 0.717) is 37.2 Å². The van der Waals surface area contributed by atoms with Crippen molar-refractivity contribution < 1.29 is 44.1 Å². The van der Waals surface area contributed by atoms with Crippen molar-refractivity contribution in [2.45, 2.75) is 95.4 Å². The lowest BCUT2D eigenvalue weighted by Gasteiger charge is -2.36. The lowest BCUT2D eigenvalue weighted by Crippen LogP contribution is -2.54. The molecule has 0 spiro atoms. The van der Waals surface area contributed by atoms with Crippen LogP contribution in [0.2, 0.25) is 0 Å². The van der Waals surface area contributed by atoms with Crippen LogP contribution in [0.1, 0.15) is 82.4 Å². The van der Waals surface area contributed by atoms with Crippen LogP contribution >= 0.6 is 23.1 Å². The Morgan fingerprint density at radius 1 is 1.14 bits per heavy atom. The van der Waals surface area contributed by atoms with Gasteiger partial charge < -0.3 is 45.4 Å². The molecule has 4 heterocycles. The number of amides is 1. The smallest absolute Gasteiger partial charge is 0.350 e. The van der Waals surface area contributed by atoms with Crippen LogP contribution in [0.25, 0.3) is 0 Å². The Morgan fingerprint density at radius 2 is 1.91 bits per heavy atom. The Hall–Kier alpha value is -4.87. The molecule has 2 aromatic heterocycles. The van der Waals surface area contributed by atoms with Crippen molar-refractivity contribution in [1.29, 1.82) is 0 Å². The molecule has 2 unspecified atom stereocenters. The average molecular weight is 809 g/mol. The summed E-state index contributed by atoms with van der Waals surface area (Å²) in [5.74, 6) is -1.41. The first-order valence-corrected chi connectivity index (χ1v) is 20.6. The van der Waals surface area contributed by atoms with E-state index in [2.05, 4.69) is 44.0 Å². The van der Waals surface area contributed by atoms with Gasteiger partial charge in [-0.05, 0) is 87.3 Å². The number of aromatic nitrogens is 2. The van der Waals surface area contributed by atoms with Gasteiger partial charge >= 0.3 is 11.9 Å². The number of nitrogens with two attached hydrogens (primary N) is 1. The number of carbonyl (C=O) groups is 4. The Balaban J connectivity index is 1.12. The summed E-state index contributed by atoms with van der Waals surface area (Å²) in [5.41, 5.74) is 6.65. The number of aliphatic carboxylic acids is 2. The monoisotopic (exact) mass is 808 g/mol. The van der Waals surface area contributed by atoms with E-state index in [-0.39, 0.29) is 46.7 Å². The van der Waals surface area contributed by atoms with Crippen LogP contribution < -0.4 is 20.7 Å². The predicted molar refractivity (Wildman–Crippen MR) is 213 cm³/mol. The lowest BCUT2D eigenvalue weighted by molar-refractivity contribution is -0.161. The first kappa shape index (κ1) is 40.8. The van der Waals surface area contributed by atoms with Crippen LogP contribution in [0.5, 0.6) is 5.75 Å². The lowest BCUT2D eigenvalue weighted by atomic mass is 9.79. The molecule has 3 aliphatic rings. The van der Waals surface area contributed by atoms with E-state index < -0.39 is 40.8 Å². The van der Waals surface area contributed by atoms with Gasteiger partial charge in [0.2, 0.25) is 5.60 Å². The van der Waals surface area contributed by atoms with Gasteiger partial charge in [-0.15, -0.1) is 11.3 Å². The summed E-state index contributed by atoms with van der Waals surface area (Å²) < 4.78 is 7.83. The summed E-state index contributed by atoms with van der Waals surface area (Å²) in [6.07, 6.45) is 1.58. The number of nitrogen functional groups attached to an aromatic ring is 1. The molecule has 3 aromatic rings. The molecule has 2 aliphatic heterocycles. The van der Waals surface area contributed by atoms with Crippen molar-refractivity contribution in [3.05, 3.63) is 69.9 Å². The van der Waals surface area contributed by atoms with E-state index >= 15 is 0 Å². The summed E-state index contributed by atoms with van der Waals surface area (Å²) in [5, 5.41) is 39.1. The van der Waals surface area contributed by atoms with E-state index in [9.17, 15) is 34.5 Å². The molecule has 1 fully saturated rings. The van der Waals surface area contributed by atoms with E-state index in [0.717, 1.165) is 60.2 Å². The number of ether oxygens (including phenoxy) is 1. The molecule has 300 valence electrons. The van der Waals surface area contributed by atoms with Gasteiger partial charge in [0.05, 0.1) is 18.8 Å². The molecule has 6 N–H and O–H groups in total. The second-order valence-corrected chi connectivity index (χ2v) is 16.8. The number of thioether (sulfide) groups is 1. The van der Waals surface area contributed by atoms with Crippen LogP contribution in [-0.4, -0.2) is 90.0 Å². The van der Waals surface area contributed by atoms with Crippen molar-refractivity contribution >= 4 is 63.4 Å². The molecule has 6 rings (SSSR count). The van der Waals surface area contributed by atoms with Crippen LogP contribution in [0.3, 0.4) is 0 Å². The average Bonchev–Trinajstić information content (AvgIpc) is 3.86. The Labute approximate surface area is 332 Å². The minimum atomic E-state index is -1.77. The third-order valence-corrected chi connectivity index (χ3v) is 12.6. The number of carboxylic acid groups (broad SMARTS) is 2. The van der Waals surface area contributed by atoms with Gasteiger partial charge in [0.15, 0.2) is 16.6 Å². The van der Waals surface area contributed by atoms with E-state index in [1.807, 2.05) is 24.3 Å². The number of thiazole rings is 1. The molecule has 0 radical (unpaired) electrons. The van der Waals surface area contributed by atoms with Gasteiger partial charge in [0.1, 0.15) is 17.3 Å². The number of nitrogens with one attached hydrogen (secondary N) is 1. The minimum Gasteiger partial charge on any atom is -0.494 e. The van der Waals surface area contributed by atoms with Crippen molar-refractivity contribution in [3.8, 4) is 5.75 Å². The fourth-order valence-electron chi connectivity index (χ4n) is 7.25. The number of ketones is 1. The Morgan fingerprint density at radius 3 is 2.59 bits per heavy atom. The van der Waals surface area contributed by atoms with E-state index in [1.54, 1.807) is 0 Å². The highest BCUT2D eigenvalue weighted by Crippen LogP contribution is 2.42. The highest BCUT2D eigenvalue weighted by molar-refractivity contribution is 8.00. The number of fused-ring (bicyclic) bond motifs is 2. The molecular formula is C39H48N6O9S2. The molecule has 1 aromatic carbocycles. The third-order valence-electron chi connectivity index (χ3n) is 10.4. The zero-order valence-electron chi connectivity index (χ0n) is 31.6. The summed E-state index contributed by atoms with van der Waals surface area (Å²) in [4.78, 5) is 63.1. The SMILES string of the molecule is CCCOc1ccc(CN2CCn3c(C(O)CCC4=C(C(=O)O)CC5CCC(=O)[C@@H](NC(=O)/C(=N\OC(C)(C)C(=O)O)c6csc(N)n6)[C@H]5SC4)ccc32)cc1. The van der Waals surface area contributed by atoms with Gasteiger partial charge in [0.25, 0.3) is 5.91 Å². The number of rotatable bonds is 16. The number of anilines is 2. The van der Waals surface area contributed by atoms with Crippen molar-refractivity contribution in [2.24, 2.45) is 11.1 Å². The molecule has 1 saturated carbocycles. The molecule has 56 heavy (non-hydrogen) atoms. The molecule has 4 atom stereocenters. The van der Waals surface area contributed by atoms with Gasteiger partial charge in [-0.2, -0.15) is 11.8 Å². The van der Waals surface area contributed by atoms with Crippen LogP contribution in [0, 0.1) is 5.92 Å². The van der Waals surface area contributed by atoms with Crippen LogP contribution in [0.15, 0.2) is 58.1 Å². The first-order valence-electron chi connectivity index (χ1n) is 18.7. The number of carboxylic acids is 2. The molecule has 0 saturated heterocycles. The van der Waals surface area contributed by atoms with Gasteiger partial charge in [-0.25, -0.2) is 14.6 Å². The summed E-state index contributed by atoms with van der Waals surface area (Å²) in [7, 11) is 0. The maximum atomic E-state index is 13.7. The van der Waals surface area contributed by atoms with Crippen LogP contribution in [-0.2, 0) is 37.1 Å². The fourth-order valence-corrected chi connectivity index (χ4v) is 9.42. The number of hydrogen-bond donors (Lipinski definition) is 5. The molecule has 15 nitrogen and oxygen atoms in total. The second kappa shape index (κ2) is 17.5. The zero-order valence-corrected chi connectivity index (χ0v) is 33.2. The number of oxime groups is 1. The third kappa shape index (κ3) is 9.22. The number of hydrogen-bond acceptors (Lipinski definition) is 13. The summed E-state index contributed by atoms with van der Waals surface area (Å²) >= 11 is 2.47. The fraction of sp³-hybridized carbons (Fsp3) is 0.487. The normalized spacial score (nSPS) is 20.6. The molecule has 1 amide bonds. The van der Waals surface area contributed by atoms with Gasteiger partial charge in [-0.1, -0.05) is 24.2 Å². The highest BCUT2D eigenvalue weighted by atomic mass is 32.2. The number of Topliss-reactive ketones (excluding diaryl/α,β-unsaturated/α-hetero) is 1. The first-order chi connectivity index (χ1) is 26.7. The molecule has 1 aliphatic carbocycles.